The summed E-state index contributed by atoms with van der Waals surface area (Å²) < 4.78 is 5.33. The van der Waals surface area contributed by atoms with Crippen LogP contribution in [0.4, 0.5) is 0 Å². The maximum absolute atomic E-state index is 11.2. The van der Waals surface area contributed by atoms with Crippen LogP contribution < -0.4 is 4.74 Å². The number of fused-ring (bicyclic) bond motifs is 1. The first-order valence-corrected chi connectivity index (χ1v) is 10.1. The smallest absolute Gasteiger partial charge is 0.320 e. The van der Waals surface area contributed by atoms with E-state index in [1.54, 1.807) is 14.0 Å². The number of carboxylic acid groups (broad SMARTS) is 1. The number of rotatable bonds is 8. The fourth-order valence-electron chi connectivity index (χ4n) is 4.35. The van der Waals surface area contributed by atoms with Gasteiger partial charge in [0.1, 0.15) is 11.8 Å². The SMILES string of the molecule is COc1ccc(C2(CCCN(C)[C@H](C)C(=O)O)CCc3cc(Cl)ccc32)cc1. The maximum atomic E-state index is 11.2. The first-order chi connectivity index (χ1) is 13.4. The highest BCUT2D eigenvalue weighted by Crippen LogP contribution is 2.48. The standard InChI is InChI=1S/C23H28ClNO3/c1-16(22(26)27)25(2)14-4-12-23(18-5-8-20(28-3)9-6-18)13-11-17-15-19(24)7-10-21(17)23/h5-10,15-16H,4,11-14H2,1-3H3,(H,26,27)/t16-,23?/m1/s1. The van der Waals surface area contributed by atoms with Gasteiger partial charge in [0, 0.05) is 10.4 Å². The fourth-order valence-corrected chi connectivity index (χ4v) is 4.54. The molecule has 0 aromatic heterocycles. The van der Waals surface area contributed by atoms with E-state index < -0.39 is 12.0 Å². The molecule has 0 amide bonds. The van der Waals surface area contributed by atoms with Gasteiger partial charge in [-0.2, -0.15) is 0 Å². The number of hydrogen-bond acceptors (Lipinski definition) is 3. The van der Waals surface area contributed by atoms with E-state index in [0.29, 0.717) is 0 Å². The number of aryl methyl sites for hydroxylation is 1. The van der Waals surface area contributed by atoms with E-state index in [0.717, 1.165) is 43.0 Å². The second-order valence-corrected chi connectivity index (χ2v) is 8.15. The molecule has 0 aliphatic heterocycles. The molecule has 2 atom stereocenters. The molecule has 3 rings (SSSR count). The van der Waals surface area contributed by atoms with Gasteiger partial charge in [-0.25, -0.2) is 0 Å². The summed E-state index contributed by atoms with van der Waals surface area (Å²) in [5, 5.41) is 10.0. The van der Waals surface area contributed by atoms with Gasteiger partial charge in [0.05, 0.1) is 7.11 Å². The largest absolute Gasteiger partial charge is 0.497 e. The molecule has 1 N–H and O–H groups in total. The zero-order chi connectivity index (χ0) is 20.3. The molecule has 0 heterocycles. The Hall–Kier alpha value is -2.04. The molecule has 1 aliphatic rings. The Morgan fingerprint density at radius 2 is 2.00 bits per heavy atom. The van der Waals surface area contributed by atoms with Gasteiger partial charge in [-0.15, -0.1) is 0 Å². The summed E-state index contributed by atoms with van der Waals surface area (Å²) in [6.07, 6.45) is 3.92. The molecular formula is C23H28ClNO3. The Morgan fingerprint density at radius 3 is 2.64 bits per heavy atom. The number of likely N-dealkylation sites (N-methyl/N-ethyl adjacent to an activating group) is 1. The Bertz CT molecular complexity index is 836. The molecule has 28 heavy (non-hydrogen) atoms. The molecule has 4 nitrogen and oxygen atoms in total. The molecule has 1 aliphatic carbocycles. The fraction of sp³-hybridized carbons (Fsp3) is 0.435. The van der Waals surface area contributed by atoms with Crippen molar-refractivity contribution < 1.29 is 14.6 Å². The molecule has 5 heteroatoms. The number of carbonyl (C=O) groups is 1. The van der Waals surface area contributed by atoms with Crippen LogP contribution in [0, 0.1) is 0 Å². The number of hydrogen-bond donors (Lipinski definition) is 1. The highest BCUT2D eigenvalue weighted by Gasteiger charge is 2.40. The van der Waals surface area contributed by atoms with Crippen LogP contribution in [0.3, 0.4) is 0 Å². The van der Waals surface area contributed by atoms with Crippen molar-refractivity contribution in [1.29, 1.82) is 0 Å². The first-order valence-electron chi connectivity index (χ1n) is 9.74. The van der Waals surface area contributed by atoms with E-state index in [-0.39, 0.29) is 5.41 Å². The van der Waals surface area contributed by atoms with Gasteiger partial charge in [0.25, 0.3) is 0 Å². The normalized spacial score (nSPS) is 19.5. The van der Waals surface area contributed by atoms with Crippen LogP contribution in [0.1, 0.15) is 42.9 Å². The number of carboxylic acids is 1. The summed E-state index contributed by atoms with van der Waals surface area (Å²) in [5.74, 6) is 0.0662. The summed E-state index contributed by atoms with van der Waals surface area (Å²) in [7, 11) is 3.55. The highest BCUT2D eigenvalue weighted by atomic mass is 35.5. The second kappa shape index (κ2) is 8.54. The Morgan fingerprint density at radius 1 is 1.29 bits per heavy atom. The van der Waals surface area contributed by atoms with Crippen LogP contribution in [0.15, 0.2) is 42.5 Å². The van der Waals surface area contributed by atoms with Gasteiger partial charge in [0.15, 0.2) is 0 Å². The van der Waals surface area contributed by atoms with E-state index in [1.807, 2.05) is 30.1 Å². The average Bonchev–Trinajstić information content (AvgIpc) is 3.06. The lowest BCUT2D eigenvalue weighted by Gasteiger charge is -2.33. The third-order valence-electron chi connectivity index (χ3n) is 6.18. The maximum Gasteiger partial charge on any atom is 0.320 e. The van der Waals surface area contributed by atoms with Crippen molar-refractivity contribution >= 4 is 17.6 Å². The van der Waals surface area contributed by atoms with E-state index >= 15 is 0 Å². The van der Waals surface area contributed by atoms with Crippen LogP contribution in [-0.4, -0.2) is 42.7 Å². The molecular weight excluding hydrogens is 374 g/mol. The molecule has 0 fully saturated rings. The van der Waals surface area contributed by atoms with Crippen LogP contribution in [0.5, 0.6) is 5.75 Å². The third-order valence-corrected chi connectivity index (χ3v) is 6.41. The first kappa shape index (κ1) is 20.7. The number of halogens is 1. The third kappa shape index (κ3) is 4.03. The topological polar surface area (TPSA) is 49.8 Å². The quantitative estimate of drug-likeness (QED) is 0.692. The van der Waals surface area contributed by atoms with Crippen molar-refractivity contribution in [3.8, 4) is 5.75 Å². The lowest BCUT2D eigenvalue weighted by Crippen LogP contribution is -2.37. The number of nitrogens with zero attached hydrogens (tertiary/aromatic N) is 1. The average molecular weight is 402 g/mol. The summed E-state index contributed by atoms with van der Waals surface area (Å²) >= 11 is 6.23. The van der Waals surface area contributed by atoms with Crippen molar-refractivity contribution in [3.63, 3.8) is 0 Å². The number of methoxy groups -OCH3 is 1. The van der Waals surface area contributed by atoms with Crippen molar-refractivity contribution in [3.05, 3.63) is 64.2 Å². The highest BCUT2D eigenvalue weighted by molar-refractivity contribution is 6.30. The summed E-state index contributed by atoms with van der Waals surface area (Å²) in [5.41, 5.74) is 3.87. The zero-order valence-electron chi connectivity index (χ0n) is 16.7. The minimum atomic E-state index is -0.784. The summed E-state index contributed by atoms with van der Waals surface area (Å²) in [4.78, 5) is 13.1. The molecule has 2 aromatic carbocycles. The van der Waals surface area contributed by atoms with Crippen LogP contribution in [0.2, 0.25) is 5.02 Å². The molecule has 1 unspecified atom stereocenters. The summed E-state index contributed by atoms with van der Waals surface area (Å²) in [6, 6.07) is 14.1. The molecule has 0 saturated carbocycles. The van der Waals surface area contributed by atoms with Crippen molar-refractivity contribution in [2.45, 2.75) is 44.1 Å². The van der Waals surface area contributed by atoms with Gasteiger partial charge >= 0.3 is 5.97 Å². The number of aliphatic carboxylic acids is 1. The summed E-state index contributed by atoms with van der Waals surface area (Å²) in [6.45, 7) is 2.47. The Balaban J connectivity index is 1.88. The molecule has 0 saturated heterocycles. The van der Waals surface area contributed by atoms with Gasteiger partial charge < -0.3 is 9.84 Å². The van der Waals surface area contributed by atoms with Crippen LogP contribution >= 0.6 is 11.6 Å². The van der Waals surface area contributed by atoms with Crippen molar-refractivity contribution in [2.24, 2.45) is 0 Å². The van der Waals surface area contributed by atoms with E-state index in [1.165, 1.54) is 16.7 Å². The lowest BCUT2D eigenvalue weighted by molar-refractivity contribution is -0.142. The van der Waals surface area contributed by atoms with Crippen LogP contribution in [0.25, 0.3) is 0 Å². The van der Waals surface area contributed by atoms with E-state index in [2.05, 4.69) is 24.3 Å². The molecule has 0 spiro atoms. The van der Waals surface area contributed by atoms with Crippen molar-refractivity contribution in [2.75, 3.05) is 20.7 Å². The molecule has 150 valence electrons. The lowest BCUT2D eigenvalue weighted by atomic mass is 9.72. The minimum Gasteiger partial charge on any atom is -0.497 e. The predicted octanol–water partition coefficient (Wildman–Crippen LogP) is 4.77. The van der Waals surface area contributed by atoms with E-state index in [4.69, 9.17) is 16.3 Å². The van der Waals surface area contributed by atoms with E-state index in [9.17, 15) is 9.90 Å². The Labute approximate surface area is 172 Å². The van der Waals surface area contributed by atoms with Crippen molar-refractivity contribution in [1.82, 2.24) is 4.90 Å². The Kier molecular flexibility index (Phi) is 6.31. The number of ether oxygens (including phenoxy) is 1. The van der Waals surface area contributed by atoms with Gasteiger partial charge in [0.2, 0.25) is 0 Å². The second-order valence-electron chi connectivity index (χ2n) is 7.71. The zero-order valence-corrected chi connectivity index (χ0v) is 17.5. The van der Waals surface area contributed by atoms with Gasteiger partial charge in [-0.1, -0.05) is 29.8 Å². The van der Waals surface area contributed by atoms with Gasteiger partial charge in [-0.3, -0.25) is 9.69 Å². The van der Waals surface area contributed by atoms with Gasteiger partial charge in [-0.05, 0) is 87.2 Å². The molecule has 2 aromatic rings. The molecule has 0 radical (unpaired) electrons. The van der Waals surface area contributed by atoms with Crippen LogP contribution in [-0.2, 0) is 16.6 Å². The predicted molar refractivity (Wildman–Crippen MR) is 113 cm³/mol. The molecule has 0 bridgehead atoms. The minimum absolute atomic E-state index is 0.0699. The monoisotopic (exact) mass is 401 g/mol. The number of benzene rings is 2.